The molecule has 0 saturated heterocycles. The van der Waals surface area contributed by atoms with Crippen molar-refractivity contribution >= 4 is 18.4 Å². The molecule has 0 unspecified atom stereocenters. The van der Waals surface area contributed by atoms with Crippen molar-refractivity contribution in [1.82, 2.24) is 0 Å². The maximum Gasteiger partial charge on any atom is 0.321 e. The lowest BCUT2D eigenvalue weighted by Crippen LogP contribution is -2.35. The van der Waals surface area contributed by atoms with Crippen LogP contribution in [0.15, 0.2) is 24.3 Å². The van der Waals surface area contributed by atoms with Crippen LogP contribution in [0.5, 0.6) is 5.75 Å². The van der Waals surface area contributed by atoms with Crippen molar-refractivity contribution in [3.05, 3.63) is 29.8 Å². The van der Waals surface area contributed by atoms with Gasteiger partial charge in [0.25, 0.3) is 0 Å². The van der Waals surface area contributed by atoms with Crippen LogP contribution >= 0.6 is 12.4 Å². The first kappa shape index (κ1) is 14.7. The number of rotatable bonds is 4. The van der Waals surface area contributed by atoms with Crippen LogP contribution in [0.2, 0.25) is 0 Å². The number of hydrogen-bond donors (Lipinski definition) is 2. The van der Waals surface area contributed by atoms with E-state index in [0.717, 1.165) is 11.3 Å². The number of nitrogens with two attached hydrogens (primary N) is 1. The molecule has 0 aliphatic heterocycles. The molecule has 0 fully saturated rings. The van der Waals surface area contributed by atoms with Crippen LogP contribution in [0.4, 0.5) is 0 Å². The highest BCUT2D eigenvalue weighted by molar-refractivity contribution is 5.85. The fraction of sp³-hybridized carbons (Fsp3) is 0.364. The van der Waals surface area contributed by atoms with E-state index in [1.807, 2.05) is 12.1 Å². The van der Waals surface area contributed by atoms with Gasteiger partial charge in [-0.2, -0.15) is 0 Å². The Morgan fingerprint density at radius 2 is 1.88 bits per heavy atom. The molecule has 0 aliphatic rings. The molecule has 1 aromatic rings. The normalized spacial score (nSPS) is 13.4. The smallest absolute Gasteiger partial charge is 0.321 e. The molecule has 16 heavy (non-hydrogen) atoms. The van der Waals surface area contributed by atoms with Gasteiger partial charge in [0.15, 0.2) is 0 Å². The number of carbonyl (C=O) groups is 1. The van der Waals surface area contributed by atoms with Crippen molar-refractivity contribution < 1.29 is 14.6 Å². The maximum absolute atomic E-state index is 10.7. The predicted molar refractivity (Wildman–Crippen MR) is 64.3 cm³/mol. The van der Waals surface area contributed by atoms with E-state index in [9.17, 15) is 4.79 Å². The van der Waals surface area contributed by atoms with Crippen LogP contribution in [-0.2, 0) is 4.79 Å². The highest BCUT2D eigenvalue weighted by atomic mass is 35.5. The molecule has 90 valence electrons. The van der Waals surface area contributed by atoms with Gasteiger partial charge in [-0.1, -0.05) is 19.1 Å². The first-order chi connectivity index (χ1) is 7.06. The molecular weight excluding hydrogens is 230 g/mol. The largest absolute Gasteiger partial charge is 0.497 e. The molecule has 2 atom stereocenters. The lowest BCUT2D eigenvalue weighted by Gasteiger charge is -2.16. The molecule has 0 saturated carbocycles. The van der Waals surface area contributed by atoms with E-state index in [4.69, 9.17) is 15.6 Å². The average Bonchev–Trinajstić information content (AvgIpc) is 2.27. The van der Waals surface area contributed by atoms with Crippen LogP contribution in [0.25, 0.3) is 0 Å². The quantitative estimate of drug-likeness (QED) is 0.846. The van der Waals surface area contributed by atoms with Gasteiger partial charge in [0, 0.05) is 5.92 Å². The number of aliphatic carboxylic acids is 1. The molecule has 0 heterocycles. The Labute approximate surface area is 101 Å². The number of benzene rings is 1. The zero-order valence-electron chi connectivity index (χ0n) is 9.21. The monoisotopic (exact) mass is 245 g/mol. The number of carboxylic acids is 1. The molecule has 3 N–H and O–H groups in total. The molecule has 1 rings (SSSR count). The zero-order chi connectivity index (χ0) is 11.4. The first-order valence-electron chi connectivity index (χ1n) is 4.68. The molecular formula is C11H16ClNO3. The fourth-order valence-corrected chi connectivity index (χ4v) is 1.33. The Balaban J connectivity index is 0.00000225. The van der Waals surface area contributed by atoms with Gasteiger partial charge < -0.3 is 15.6 Å². The molecule has 0 spiro atoms. The summed E-state index contributed by atoms with van der Waals surface area (Å²) in [6, 6.07) is 6.36. The molecule has 4 nitrogen and oxygen atoms in total. The van der Waals surface area contributed by atoms with E-state index in [1.165, 1.54) is 0 Å². The minimum Gasteiger partial charge on any atom is -0.497 e. The maximum atomic E-state index is 10.7. The number of carboxylic acid groups (broad SMARTS) is 1. The van der Waals surface area contributed by atoms with E-state index in [1.54, 1.807) is 26.2 Å². The number of halogens is 1. The van der Waals surface area contributed by atoms with Crippen molar-refractivity contribution in [2.24, 2.45) is 5.73 Å². The topological polar surface area (TPSA) is 72.5 Å². The van der Waals surface area contributed by atoms with Crippen molar-refractivity contribution in [3.8, 4) is 5.75 Å². The Bertz CT molecular complexity index is 340. The van der Waals surface area contributed by atoms with Crippen molar-refractivity contribution in [1.29, 1.82) is 0 Å². The van der Waals surface area contributed by atoms with Gasteiger partial charge in [-0.3, -0.25) is 4.79 Å². The minimum atomic E-state index is -0.988. The van der Waals surface area contributed by atoms with Gasteiger partial charge in [0.2, 0.25) is 0 Å². The highest BCUT2D eigenvalue weighted by Crippen LogP contribution is 2.21. The summed E-state index contributed by atoms with van der Waals surface area (Å²) in [5.41, 5.74) is 6.43. The third kappa shape index (κ3) is 3.40. The average molecular weight is 246 g/mol. The summed E-state index contributed by atoms with van der Waals surface area (Å²) in [7, 11) is 1.58. The second-order valence-electron chi connectivity index (χ2n) is 3.43. The van der Waals surface area contributed by atoms with Crippen molar-refractivity contribution in [2.75, 3.05) is 7.11 Å². The highest BCUT2D eigenvalue weighted by Gasteiger charge is 2.21. The van der Waals surface area contributed by atoms with E-state index >= 15 is 0 Å². The summed E-state index contributed by atoms with van der Waals surface area (Å²) >= 11 is 0. The number of methoxy groups -OCH3 is 1. The first-order valence-corrected chi connectivity index (χ1v) is 4.68. The van der Waals surface area contributed by atoms with Gasteiger partial charge in [0.1, 0.15) is 11.8 Å². The molecule has 0 amide bonds. The fourth-order valence-electron chi connectivity index (χ4n) is 1.33. The van der Waals surface area contributed by atoms with Gasteiger partial charge in [0.05, 0.1) is 7.11 Å². The summed E-state index contributed by atoms with van der Waals surface area (Å²) in [5.74, 6) is -0.457. The molecule has 0 aliphatic carbocycles. The van der Waals surface area contributed by atoms with Crippen molar-refractivity contribution in [3.63, 3.8) is 0 Å². The second-order valence-corrected chi connectivity index (χ2v) is 3.43. The summed E-state index contributed by atoms with van der Waals surface area (Å²) < 4.78 is 5.01. The molecule has 1 aromatic carbocycles. The molecule has 0 radical (unpaired) electrons. The van der Waals surface area contributed by atoms with Gasteiger partial charge >= 0.3 is 5.97 Å². The van der Waals surface area contributed by atoms with Gasteiger partial charge in [-0.15, -0.1) is 12.4 Å². The lowest BCUT2D eigenvalue weighted by atomic mass is 9.94. The van der Waals surface area contributed by atoms with E-state index in [2.05, 4.69) is 0 Å². The Morgan fingerprint density at radius 3 is 2.25 bits per heavy atom. The Morgan fingerprint density at radius 1 is 1.38 bits per heavy atom. The summed E-state index contributed by atoms with van der Waals surface area (Å²) in [6.07, 6.45) is 0. The molecule has 0 aromatic heterocycles. The van der Waals surface area contributed by atoms with Crippen molar-refractivity contribution in [2.45, 2.75) is 18.9 Å². The Hall–Kier alpha value is -1.26. The predicted octanol–water partition coefficient (Wildman–Crippen LogP) is 1.63. The summed E-state index contributed by atoms with van der Waals surface area (Å²) in [4.78, 5) is 10.7. The number of hydrogen-bond acceptors (Lipinski definition) is 3. The van der Waals surface area contributed by atoms with E-state index < -0.39 is 12.0 Å². The Kier molecular flexibility index (Phi) is 5.85. The minimum absolute atomic E-state index is 0. The zero-order valence-corrected chi connectivity index (χ0v) is 10.0. The third-order valence-corrected chi connectivity index (χ3v) is 2.47. The van der Waals surface area contributed by atoms with Crippen LogP contribution < -0.4 is 10.5 Å². The molecule has 5 heteroatoms. The summed E-state index contributed by atoms with van der Waals surface area (Å²) in [6.45, 7) is 1.79. The summed E-state index contributed by atoms with van der Waals surface area (Å²) in [5, 5.41) is 8.76. The van der Waals surface area contributed by atoms with E-state index in [0.29, 0.717) is 0 Å². The van der Waals surface area contributed by atoms with Crippen LogP contribution in [0.1, 0.15) is 18.4 Å². The number of ether oxygens (including phenoxy) is 1. The van der Waals surface area contributed by atoms with Gasteiger partial charge in [-0.05, 0) is 17.7 Å². The lowest BCUT2D eigenvalue weighted by molar-refractivity contribution is -0.139. The second kappa shape index (κ2) is 6.35. The van der Waals surface area contributed by atoms with E-state index in [-0.39, 0.29) is 18.3 Å². The standard InChI is InChI=1S/C11H15NO3.ClH/c1-7(10(12)11(13)14)8-3-5-9(15-2)6-4-8;/h3-7,10H,12H2,1-2H3,(H,13,14);1H/t7-,10+;/m0./s1. The van der Waals surface area contributed by atoms with Crippen LogP contribution in [0, 0.1) is 0 Å². The third-order valence-electron chi connectivity index (χ3n) is 2.47. The van der Waals surface area contributed by atoms with Crippen LogP contribution in [0.3, 0.4) is 0 Å². The SMILES string of the molecule is COc1ccc([C@H](C)[C@@H](N)C(=O)O)cc1.Cl. The van der Waals surface area contributed by atoms with Gasteiger partial charge in [-0.25, -0.2) is 0 Å². The van der Waals surface area contributed by atoms with Crippen LogP contribution in [-0.4, -0.2) is 24.2 Å². The molecule has 0 bridgehead atoms.